The quantitative estimate of drug-likeness (QED) is 0.737. The number of nitrogen functional groups attached to an aromatic ring is 1. The van der Waals surface area contributed by atoms with Gasteiger partial charge in [-0.05, 0) is 13.8 Å². The molecule has 0 radical (unpaired) electrons. The Labute approximate surface area is 83.5 Å². The van der Waals surface area contributed by atoms with Crippen LogP contribution in [0.5, 0.6) is 0 Å². The minimum absolute atomic E-state index is 0.130. The first-order valence-electron chi connectivity index (χ1n) is 4.62. The van der Waals surface area contributed by atoms with Crippen molar-refractivity contribution in [2.45, 2.75) is 26.5 Å². The van der Waals surface area contributed by atoms with Crippen LogP contribution in [0.15, 0.2) is 6.20 Å². The van der Waals surface area contributed by atoms with Gasteiger partial charge in [0.05, 0.1) is 0 Å². The second kappa shape index (κ2) is 4.88. The molecule has 1 aromatic heterocycles. The van der Waals surface area contributed by atoms with E-state index in [0.29, 0.717) is 24.8 Å². The van der Waals surface area contributed by atoms with Crippen LogP contribution in [0.1, 0.15) is 31.3 Å². The van der Waals surface area contributed by atoms with Crippen molar-refractivity contribution in [3.05, 3.63) is 17.6 Å². The third kappa shape index (κ3) is 2.40. The van der Waals surface area contributed by atoms with Gasteiger partial charge in [-0.25, -0.2) is 9.97 Å². The van der Waals surface area contributed by atoms with Gasteiger partial charge in [-0.2, -0.15) is 0 Å². The largest absolute Gasteiger partial charge is 0.383 e. The summed E-state index contributed by atoms with van der Waals surface area (Å²) in [6.07, 6.45) is 1.52. The molecule has 0 aliphatic heterocycles. The molecule has 0 aliphatic carbocycles. The van der Waals surface area contributed by atoms with Crippen LogP contribution >= 0.6 is 0 Å². The number of hydrogen-bond donors (Lipinski definition) is 2. The van der Waals surface area contributed by atoms with Crippen LogP contribution in [0.25, 0.3) is 0 Å². The topological polar surface area (TPSA) is 87.0 Å². The second-order valence-electron chi connectivity index (χ2n) is 2.94. The fourth-order valence-electron chi connectivity index (χ4n) is 1.11. The third-order valence-corrected chi connectivity index (χ3v) is 1.92. The van der Waals surface area contributed by atoms with Crippen LogP contribution in [-0.4, -0.2) is 16.6 Å². The zero-order chi connectivity index (χ0) is 10.6. The van der Waals surface area contributed by atoms with E-state index in [4.69, 9.17) is 16.2 Å². The zero-order valence-electron chi connectivity index (χ0n) is 8.53. The minimum atomic E-state index is -0.130. The monoisotopic (exact) mass is 196 g/mol. The van der Waals surface area contributed by atoms with E-state index >= 15 is 0 Å². The Morgan fingerprint density at radius 3 is 2.79 bits per heavy atom. The van der Waals surface area contributed by atoms with Gasteiger partial charge in [0, 0.05) is 24.9 Å². The lowest BCUT2D eigenvalue weighted by molar-refractivity contribution is 0.0701. The van der Waals surface area contributed by atoms with Crippen LogP contribution in [0.4, 0.5) is 5.82 Å². The number of nitrogens with zero attached hydrogens (tertiary/aromatic N) is 2. The highest BCUT2D eigenvalue weighted by molar-refractivity contribution is 5.37. The summed E-state index contributed by atoms with van der Waals surface area (Å²) in [7, 11) is 0. The SMILES string of the molecule is CCOC(C)c1ncc(CN)c(N)n1. The van der Waals surface area contributed by atoms with Crippen LogP contribution in [0, 0.1) is 0 Å². The molecule has 0 aromatic carbocycles. The summed E-state index contributed by atoms with van der Waals surface area (Å²) in [6, 6.07) is 0. The molecule has 5 heteroatoms. The molecule has 1 atom stereocenters. The Morgan fingerprint density at radius 2 is 2.29 bits per heavy atom. The molecule has 0 spiro atoms. The zero-order valence-corrected chi connectivity index (χ0v) is 8.53. The predicted molar refractivity (Wildman–Crippen MR) is 54.4 cm³/mol. The lowest BCUT2D eigenvalue weighted by Crippen LogP contribution is -2.10. The van der Waals surface area contributed by atoms with Crippen molar-refractivity contribution >= 4 is 5.82 Å². The molecule has 0 amide bonds. The van der Waals surface area contributed by atoms with Gasteiger partial charge in [-0.1, -0.05) is 0 Å². The van der Waals surface area contributed by atoms with Crippen molar-refractivity contribution in [3.63, 3.8) is 0 Å². The molecule has 14 heavy (non-hydrogen) atoms. The van der Waals surface area contributed by atoms with Crippen LogP contribution in [0.2, 0.25) is 0 Å². The first kappa shape index (κ1) is 10.9. The summed E-state index contributed by atoms with van der Waals surface area (Å²) in [4.78, 5) is 8.26. The number of nitrogens with two attached hydrogens (primary N) is 2. The molecule has 5 nitrogen and oxygen atoms in total. The van der Waals surface area contributed by atoms with Gasteiger partial charge in [0.2, 0.25) is 0 Å². The normalized spacial score (nSPS) is 12.8. The predicted octanol–water partition coefficient (Wildman–Crippen LogP) is 0.615. The molecular weight excluding hydrogens is 180 g/mol. The van der Waals surface area contributed by atoms with Crippen LogP contribution in [0.3, 0.4) is 0 Å². The van der Waals surface area contributed by atoms with E-state index < -0.39 is 0 Å². The molecule has 1 unspecified atom stereocenters. The van der Waals surface area contributed by atoms with Gasteiger partial charge in [0.15, 0.2) is 5.82 Å². The lowest BCUT2D eigenvalue weighted by atomic mass is 10.3. The van der Waals surface area contributed by atoms with Crippen molar-refractivity contribution < 1.29 is 4.74 Å². The maximum absolute atomic E-state index is 5.68. The van der Waals surface area contributed by atoms with Crippen molar-refractivity contribution in [1.82, 2.24) is 9.97 Å². The van der Waals surface area contributed by atoms with Gasteiger partial charge in [0.25, 0.3) is 0 Å². The molecule has 1 rings (SSSR count). The maximum Gasteiger partial charge on any atom is 0.159 e. The Balaban J connectivity index is 2.85. The molecule has 0 aliphatic rings. The van der Waals surface area contributed by atoms with E-state index in [1.807, 2.05) is 13.8 Å². The standard InChI is InChI=1S/C9H16N4O/c1-3-14-6(2)9-12-5-7(4-10)8(11)13-9/h5-6H,3-4,10H2,1-2H3,(H2,11,12,13). The Bertz CT molecular complexity index is 303. The number of rotatable bonds is 4. The number of anilines is 1. The van der Waals surface area contributed by atoms with Crippen LogP contribution in [-0.2, 0) is 11.3 Å². The molecule has 78 valence electrons. The van der Waals surface area contributed by atoms with E-state index in [1.54, 1.807) is 6.20 Å². The molecule has 4 N–H and O–H groups in total. The number of ether oxygens (including phenoxy) is 1. The van der Waals surface area contributed by atoms with Gasteiger partial charge in [0.1, 0.15) is 11.9 Å². The highest BCUT2D eigenvalue weighted by atomic mass is 16.5. The number of aromatic nitrogens is 2. The summed E-state index contributed by atoms with van der Waals surface area (Å²) in [6.45, 7) is 4.80. The highest BCUT2D eigenvalue weighted by Crippen LogP contribution is 2.14. The van der Waals surface area contributed by atoms with Crippen molar-refractivity contribution in [1.29, 1.82) is 0 Å². The van der Waals surface area contributed by atoms with E-state index in [-0.39, 0.29) is 6.10 Å². The van der Waals surface area contributed by atoms with Crippen molar-refractivity contribution in [3.8, 4) is 0 Å². The molecule has 1 aromatic rings. The van der Waals surface area contributed by atoms with Gasteiger partial charge in [-0.15, -0.1) is 0 Å². The van der Waals surface area contributed by atoms with E-state index in [0.717, 1.165) is 5.56 Å². The average molecular weight is 196 g/mol. The van der Waals surface area contributed by atoms with E-state index in [9.17, 15) is 0 Å². The highest BCUT2D eigenvalue weighted by Gasteiger charge is 2.09. The fraction of sp³-hybridized carbons (Fsp3) is 0.556. The van der Waals surface area contributed by atoms with E-state index in [1.165, 1.54) is 0 Å². The van der Waals surface area contributed by atoms with E-state index in [2.05, 4.69) is 9.97 Å². The smallest absolute Gasteiger partial charge is 0.159 e. The van der Waals surface area contributed by atoms with Gasteiger partial charge in [-0.3, -0.25) is 0 Å². The third-order valence-electron chi connectivity index (χ3n) is 1.92. The molecule has 0 fully saturated rings. The average Bonchev–Trinajstić information content (AvgIpc) is 2.18. The van der Waals surface area contributed by atoms with Crippen molar-refractivity contribution in [2.24, 2.45) is 5.73 Å². The second-order valence-corrected chi connectivity index (χ2v) is 2.94. The molecular formula is C9H16N4O. The molecule has 1 heterocycles. The minimum Gasteiger partial charge on any atom is -0.383 e. The molecule has 0 bridgehead atoms. The maximum atomic E-state index is 5.68. The number of hydrogen-bond acceptors (Lipinski definition) is 5. The summed E-state index contributed by atoms with van der Waals surface area (Å²) in [5.74, 6) is 1.03. The Morgan fingerprint density at radius 1 is 1.57 bits per heavy atom. The lowest BCUT2D eigenvalue weighted by Gasteiger charge is -2.11. The van der Waals surface area contributed by atoms with Crippen LogP contribution < -0.4 is 11.5 Å². The fourth-order valence-corrected chi connectivity index (χ4v) is 1.11. The summed E-state index contributed by atoms with van der Waals surface area (Å²) in [5.41, 5.74) is 11.9. The Kier molecular flexibility index (Phi) is 3.79. The van der Waals surface area contributed by atoms with Gasteiger partial charge >= 0.3 is 0 Å². The first-order valence-corrected chi connectivity index (χ1v) is 4.62. The summed E-state index contributed by atoms with van der Waals surface area (Å²) >= 11 is 0. The first-order chi connectivity index (χ1) is 6.69. The molecule has 0 saturated heterocycles. The molecule has 0 saturated carbocycles. The van der Waals surface area contributed by atoms with Gasteiger partial charge < -0.3 is 16.2 Å². The summed E-state index contributed by atoms with van der Waals surface area (Å²) in [5, 5.41) is 0. The van der Waals surface area contributed by atoms with Crippen molar-refractivity contribution in [2.75, 3.05) is 12.3 Å². The Hall–Kier alpha value is -1.20. The summed E-state index contributed by atoms with van der Waals surface area (Å²) < 4.78 is 5.34.